The number of rotatable bonds is 4. The van der Waals surface area contributed by atoms with Gasteiger partial charge in [-0.05, 0) is 46.0 Å². The third kappa shape index (κ3) is 4.37. The Balaban J connectivity index is 1.53. The van der Waals surface area contributed by atoms with Gasteiger partial charge in [-0.1, -0.05) is 113 Å². The van der Waals surface area contributed by atoms with Crippen molar-refractivity contribution in [3.8, 4) is 11.1 Å². The third-order valence-electron chi connectivity index (χ3n) is 5.40. The first-order valence-electron chi connectivity index (χ1n) is 10.3. The van der Waals surface area contributed by atoms with Crippen LogP contribution in [0.5, 0.6) is 0 Å². The summed E-state index contributed by atoms with van der Waals surface area (Å²) in [5, 5.41) is 3.60. The standard InChI is InChI=1S/C28H21BrN2/c29-25-17-15-23(16-18-25)27-19-26(30-28(31-27)24-9-5-2-6-10-24)22-13-11-21(12-14-22)20-7-3-1-4-8-20/h1-19,28,31H. The second-order valence-corrected chi connectivity index (χ2v) is 8.40. The van der Waals surface area contributed by atoms with E-state index in [9.17, 15) is 0 Å². The largest absolute Gasteiger partial charge is 0.360 e. The molecule has 1 N–H and O–H groups in total. The molecule has 0 fully saturated rings. The topological polar surface area (TPSA) is 24.4 Å². The fraction of sp³-hybridized carbons (Fsp3) is 0.0357. The fourth-order valence-corrected chi connectivity index (χ4v) is 4.01. The molecule has 2 nitrogen and oxygen atoms in total. The lowest BCUT2D eigenvalue weighted by atomic mass is 9.99. The minimum atomic E-state index is -0.131. The first kappa shape index (κ1) is 19.5. The van der Waals surface area contributed by atoms with Crippen molar-refractivity contribution < 1.29 is 0 Å². The lowest BCUT2D eigenvalue weighted by Gasteiger charge is -2.25. The van der Waals surface area contributed by atoms with Crippen LogP contribution in [0.2, 0.25) is 0 Å². The molecule has 1 atom stereocenters. The van der Waals surface area contributed by atoms with E-state index in [-0.39, 0.29) is 6.17 Å². The minimum Gasteiger partial charge on any atom is -0.360 e. The maximum absolute atomic E-state index is 5.04. The molecule has 0 aromatic heterocycles. The van der Waals surface area contributed by atoms with Gasteiger partial charge in [0.25, 0.3) is 0 Å². The van der Waals surface area contributed by atoms with Crippen LogP contribution in [0.4, 0.5) is 0 Å². The molecule has 0 spiro atoms. The maximum atomic E-state index is 5.04. The van der Waals surface area contributed by atoms with Gasteiger partial charge in [0.1, 0.15) is 6.17 Å². The highest BCUT2D eigenvalue weighted by molar-refractivity contribution is 9.10. The molecule has 0 aliphatic carbocycles. The smallest absolute Gasteiger partial charge is 0.145 e. The summed E-state index contributed by atoms with van der Waals surface area (Å²) in [5.74, 6) is 0. The molecule has 5 rings (SSSR count). The summed E-state index contributed by atoms with van der Waals surface area (Å²) in [7, 11) is 0. The Bertz CT molecular complexity index is 1230. The Kier molecular flexibility index (Phi) is 5.51. The van der Waals surface area contributed by atoms with Crippen LogP contribution < -0.4 is 5.32 Å². The number of hydrogen-bond donors (Lipinski definition) is 1. The van der Waals surface area contributed by atoms with E-state index >= 15 is 0 Å². The quantitative estimate of drug-likeness (QED) is 0.337. The predicted octanol–water partition coefficient (Wildman–Crippen LogP) is 7.25. The lowest BCUT2D eigenvalue weighted by Crippen LogP contribution is -2.24. The van der Waals surface area contributed by atoms with Gasteiger partial charge in [-0.25, -0.2) is 0 Å². The van der Waals surface area contributed by atoms with Gasteiger partial charge in [0, 0.05) is 10.2 Å². The number of nitrogens with one attached hydrogen (secondary N) is 1. The summed E-state index contributed by atoms with van der Waals surface area (Å²) < 4.78 is 1.07. The van der Waals surface area contributed by atoms with E-state index in [2.05, 4.69) is 124 Å². The molecule has 0 saturated carbocycles. The van der Waals surface area contributed by atoms with Gasteiger partial charge in [0.05, 0.1) is 5.71 Å². The van der Waals surface area contributed by atoms with Crippen molar-refractivity contribution in [1.82, 2.24) is 5.32 Å². The van der Waals surface area contributed by atoms with Crippen molar-refractivity contribution in [1.29, 1.82) is 0 Å². The highest BCUT2D eigenvalue weighted by Crippen LogP contribution is 2.28. The summed E-state index contributed by atoms with van der Waals surface area (Å²) >= 11 is 3.53. The molecule has 31 heavy (non-hydrogen) atoms. The van der Waals surface area contributed by atoms with Gasteiger partial charge >= 0.3 is 0 Å². The third-order valence-corrected chi connectivity index (χ3v) is 5.93. The van der Waals surface area contributed by atoms with E-state index in [1.807, 2.05) is 12.1 Å². The maximum Gasteiger partial charge on any atom is 0.145 e. The summed E-state index contributed by atoms with van der Waals surface area (Å²) in [6.07, 6.45) is 2.01. The van der Waals surface area contributed by atoms with Gasteiger partial charge in [-0.15, -0.1) is 0 Å². The van der Waals surface area contributed by atoms with Gasteiger partial charge in [-0.2, -0.15) is 0 Å². The molecule has 1 heterocycles. The molecule has 0 amide bonds. The second-order valence-electron chi connectivity index (χ2n) is 7.48. The number of hydrogen-bond acceptors (Lipinski definition) is 2. The van der Waals surface area contributed by atoms with Crippen molar-refractivity contribution in [3.63, 3.8) is 0 Å². The van der Waals surface area contributed by atoms with Gasteiger partial charge in [0.2, 0.25) is 0 Å². The molecule has 1 unspecified atom stereocenters. The Morgan fingerprint density at radius 3 is 1.81 bits per heavy atom. The molecule has 150 valence electrons. The molecule has 1 aliphatic heterocycles. The molecule has 3 heteroatoms. The molecule has 1 aliphatic rings. The zero-order valence-electron chi connectivity index (χ0n) is 16.9. The average molecular weight is 465 g/mol. The predicted molar refractivity (Wildman–Crippen MR) is 133 cm³/mol. The van der Waals surface area contributed by atoms with Crippen molar-refractivity contribution >= 4 is 27.3 Å². The summed E-state index contributed by atoms with van der Waals surface area (Å²) in [5.41, 5.74) is 7.85. The van der Waals surface area contributed by atoms with Crippen molar-refractivity contribution in [2.24, 2.45) is 4.99 Å². The Hall–Kier alpha value is -3.43. The SMILES string of the molecule is Brc1ccc(C2=CC(c3ccc(-c4ccccc4)cc3)=NC(c3ccccc3)N2)cc1. The number of benzene rings is 4. The van der Waals surface area contributed by atoms with E-state index in [0.29, 0.717) is 0 Å². The normalized spacial score (nSPS) is 15.6. The first-order valence-corrected chi connectivity index (χ1v) is 11.1. The number of nitrogens with zero attached hydrogens (tertiary/aromatic N) is 1. The van der Waals surface area contributed by atoms with Gasteiger partial charge in [0.15, 0.2) is 0 Å². The van der Waals surface area contributed by atoms with Gasteiger partial charge < -0.3 is 5.32 Å². The first-order chi connectivity index (χ1) is 15.3. The lowest BCUT2D eigenvalue weighted by molar-refractivity contribution is 0.664. The molecule has 0 radical (unpaired) electrons. The Morgan fingerprint density at radius 2 is 1.13 bits per heavy atom. The number of aliphatic imine (C=N–C) groups is 1. The molecule has 4 aromatic carbocycles. The monoisotopic (exact) mass is 464 g/mol. The van der Waals surface area contributed by atoms with Crippen molar-refractivity contribution in [3.05, 3.63) is 136 Å². The van der Waals surface area contributed by atoms with Crippen LogP contribution in [0.25, 0.3) is 16.8 Å². The Labute approximate surface area is 191 Å². The molecule has 4 aromatic rings. The zero-order chi connectivity index (χ0) is 21.0. The number of allylic oxidation sites excluding steroid dienone is 1. The van der Waals surface area contributed by atoms with Crippen LogP contribution in [0.1, 0.15) is 22.9 Å². The second kappa shape index (κ2) is 8.75. The van der Waals surface area contributed by atoms with Crippen molar-refractivity contribution in [2.75, 3.05) is 0 Å². The van der Waals surface area contributed by atoms with Crippen LogP contribution in [-0.4, -0.2) is 5.71 Å². The fourth-order valence-electron chi connectivity index (χ4n) is 3.75. The molecular formula is C28H21BrN2. The summed E-state index contributed by atoms with van der Waals surface area (Å²) in [6, 6.07) is 37.8. The van der Waals surface area contributed by atoms with E-state index in [1.165, 1.54) is 11.1 Å². The zero-order valence-corrected chi connectivity index (χ0v) is 18.5. The highest BCUT2D eigenvalue weighted by Gasteiger charge is 2.19. The Morgan fingerprint density at radius 1 is 0.581 bits per heavy atom. The minimum absolute atomic E-state index is 0.131. The van der Waals surface area contributed by atoms with Crippen molar-refractivity contribution in [2.45, 2.75) is 6.17 Å². The number of halogens is 1. The summed E-state index contributed by atoms with van der Waals surface area (Å²) in [4.78, 5) is 5.04. The van der Waals surface area contributed by atoms with E-state index < -0.39 is 0 Å². The molecule has 0 saturated heterocycles. The van der Waals surface area contributed by atoms with E-state index in [0.717, 1.165) is 32.6 Å². The molecular weight excluding hydrogens is 444 g/mol. The molecule has 0 bridgehead atoms. The van der Waals surface area contributed by atoms with Crippen LogP contribution in [-0.2, 0) is 0 Å². The van der Waals surface area contributed by atoms with E-state index in [1.54, 1.807) is 0 Å². The van der Waals surface area contributed by atoms with Crippen LogP contribution in [0.3, 0.4) is 0 Å². The average Bonchev–Trinajstić information content (AvgIpc) is 2.85. The van der Waals surface area contributed by atoms with E-state index in [4.69, 9.17) is 4.99 Å². The summed E-state index contributed by atoms with van der Waals surface area (Å²) in [6.45, 7) is 0. The van der Waals surface area contributed by atoms with Crippen LogP contribution in [0.15, 0.2) is 125 Å². The highest BCUT2D eigenvalue weighted by atomic mass is 79.9. The van der Waals surface area contributed by atoms with Crippen LogP contribution in [0, 0.1) is 0 Å². The van der Waals surface area contributed by atoms with Gasteiger partial charge in [-0.3, -0.25) is 4.99 Å². The van der Waals surface area contributed by atoms with Crippen LogP contribution >= 0.6 is 15.9 Å².